The fourth-order valence-electron chi connectivity index (χ4n) is 0.595. The minimum absolute atomic E-state index is 0.142. The predicted molar refractivity (Wildman–Crippen MR) is 37.6 cm³/mol. The Balaban J connectivity index is 3.91. The highest BCUT2D eigenvalue weighted by Gasteiger charge is 2.26. The van der Waals surface area contributed by atoms with E-state index in [1.165, 1.54) is 0 Å². The van der Waals surface area contributed by atoms with Gasteiger partial charge in [-0.1, -0.05) is 0 Å². The van der Waals surface area contributed by atoms with Gasteiger partial charge in [-0.2, -0.15) is 0 Å². The molecular weight excluding hydrogens is 186 g/mol. The van der Waals surface area contributed by atoms with Crippen LogP contribution in [0.4, 0.5) is 0 Å². The molecule has 0 unspecified atom stereocenters. The van der Waals surface area contributed by atoms with E-state index in [-0.39, 0.29) is 18.0 Å². The summed E-state index contributed by atoms with van der Waals surface area (Å²) in [6.07, 6.45) is -0.477. The highest BCUT2D eigenvalue weighted by molar-refractivity contribution is 5.66. The average molecular weight is 193 g/mol. The highest BCUT2D eigenvalue weighted by atomic mass is 16.8. The summed E-state index contributed by atoms with van der Waals surface area (Å²) in [5.74, 6) is -1.15. The molecule has 0 amide bonds. The molecule has 13 heavy (non-hydrogen) atoms. The van der Waals surface area contributed by atoms with Gasteiger partial charge in [-0.05, 0) is 6.42 Å². The second kappa shape index (κ2) is 4.85. The molecule has 0 heterocycles. The maximum Gasteiger partial charge on any atom is 0.303 e. The summed E-state index contributed by atoms with van der Waals surface area (Å²) in [6.45, 7) is -0.522. The van der Waals surface area contributed by atoms with Crippen LogP contribution in [0.25, 0.3) is 0 Å². The molecule has 74 valence electrons. The fourth-order valence-corrected chi connectivity index (χ4v) is 0.595. The van der Waals surface area contributed by atoms with Gasteiger partial charge in [-0.3, -0.25) is 4.79 Å². The Morgan fingerprint density at radius 3 is 2.08 bits per heavy atom. The van der Waals surface area contributed by atoms with E-state index in [2.05, 4.69) is 0 Å². The lowest BCUT2D eigenvalue weighted by Gasteiger charge is -2.01. The third-order valence-electron chi connectivity index (χ3n) is 1.13. The first-order valence-electron chi connectivity index (χ1n) is 3.23. The number of rotatable bonds is 6. The number of hydrazine groups is 2. The second-order valence-electron chi connectivity index (χ2n) is 2.07. The molecule has 0 rings (SSSR count). The van der Waals surface area contributed by atoms with Crippen LogP contribution in [-0.4, -0.2) is 32.8 Å². The van der Waals surface area contributed by atoms with Gasteiger partial charge in [0, 0.05) is 6.42 Å². The first-order valence-corrected chi connectivity index (χ1v) is 3.23. The fraction of sp³-hybridized carbons (Fsp3) is 0.750. The topological polar surface area (TPSA) is 127 Å². The minimum Gasteiger partial charge on any atom is -0.481 e. The van der Waals surface area contributed by atoms with E-state index in [0.29, 0.717) is 0 Å². The number of nitro groups is 2. The molecule has 0 radical (unpaired) electrons. The summed E-state index contributed by atoms with van der Waals surface area (Å²) >= 11 is 0. The van der Waals surface area contributed by atoms with Gasteiger partial charge < -0.3 is 5.11 Å². The van der Waals surface area contributed by atoms with Gasteiger partial charge in [0.2, 0.25) is 10.1 Å². The van der Waals surface area contributed by atoms with Crippen molar-refractivity contribution in [2.24, 2.45) is 0 Å². The lowest BCUT2D eigenvalue weighted by Crippen LogP contribution is -2.36. The van der Waals surface area contributed by atoms with Crippen LogP contribution in [0.1, 0.15) is 12.8 Å². The van der Waals surface area contributed by atoms with Crippen LogP contribution >= 0.6 is 0 Å². The van der Waals surface area contributed by atoms with Gasteiger partial charge in [-0.15, -0.1) is 0 Å². The Hall–Kier alpha value is -1.93. The van der Waals surface area contributed by atoms with E-state index < -0.39 is 22.6 Å². The number of aliphatic carboxylic acids is 1. The molecule has 0 saturated heterocycles. The normalized spacial score (nSPS) is 9.23. The van der Waals surface area contributed by atoms with Crippen LogP contribution in [0, 0.1) is 20.2 Å². The average Bonchev–Trinajstić information content (AvgIpc) is 1.95. The number of carboxylic acid groups (broad SMARTS) is 1. The van der Waals surface area contributed by atoms with Crippen LogP contribution in [0.15, 0.2) is 0 Å². The van der Waals surface area contributed by atoms with Crippen molar-refractivity contribution in [2.45, 2.75) is 12.8 Å². The third kappa shape index (κ3) is 4.50. The Labute approximate surface area is 71.8 Å². The maximum absolute atomic E-state index is 9.96. The number of hydrogen-bond acceptors (Lipinski definition) is 5. The molecule has 0 aliphatic carbocycles. The monoisotopic (exact) mass is 193 g/mol. The molecule has 0 fully saturated rings. The summed E-state index contributed by atoms with van der Waals surface area (Å²) in [5, 5.41) is 25.4. The zero-order chi connectivity index (χ0) is 10.4. The largest absolute Gasteiger partial charge is 0.481 e. The van der Waals surface area contributed by atoms with Crippen molar-refractivity contribution in [3.05, 3.63) is 20.2 Å². The van der Waals surface area contributed by atoms with Crippen molar-refractivity contribution in [1.82, 2.24) is 5.12 Å². The molecule has 0 spiro atoms. The van der Waals surface area contributed by atoms with Gasteiger partial charge in [0.25, 0.3) is 0 Å². The minimum atomic E-state index is -1.19. The number of carboxylic acids is 1. The summed E-state index contributed by atoms with van der Waals surface area (Å²) in [5.41, 5.74) is 0. The van der Waals surface area contributed by atoms with Gasteiger partial charge in [0.05, 0.1) is 0 Å². The van der Waals surface area contributed by atoms with Crippen molar-refractivity contribution in [3.63, 3.8) is 0 Å². The number of carbonyl (C=O) groups is 1. The van der Waals surface area contributed by atoms with Crippen LogP contribution in [0.5, 0.6) is 0 Å². The van der Waals surface area contributed by atoms with Crippen LogP contribution in [0.3, 0.4) is 0 Å². The van der Waals surface area contributed by atoms with E-state index in [1.807, 2.05) is 0 Å². The molecule has 0 aromatic rings. The Morgan fingerprint density at radius 2 is 1.77 bits per heavy atom. The number of hydrogen-bond donors (Lipinski definition) is 1. The zero-order valence-corrected chi connectivity index (χ0v) is 6.45. The molecule has 0 aliphatic heterocycles. The molecule has 1 N–H and O–H groups in total. The summed E-state index contributed by atoms with van der Waals surface area (Å²) < 4.78 is 0. The lowest BCUT2D eigenvalue weighted by atomic mass is 10.3. The quantitative estimate of drug-likeness (QED) is 0.446. The predicted octanol–water partition coefficient (Wildman–Crippen LogP) is -0.463. The van der Waals surface area contributed by atoms with Gasteiger partial charge in [0.1, 0.15) is 0 Å². The van der Waals surface area contributed by atoms with Gasteiger partial charge in [0.15, 0.2) is 11.7 Å². The third-order valence-corrected chi connectivity index (χ3v) is 1.13. The van der Waals surface area contributed by atoms with Crippen molar-refractivity contribution in [3.8, 4) is 0 Å². The Bertz CT molecular complexity index is 214. The van der Waals surface area contributed by atoms with Gasteiger partial charge >= 0.3 is 5.97 Å². The van der Waals surface area contributed by atoms with Crippen molar-refractivity contribution in [1.29, 1.82) is 0 Å². The van der Waals surface area contributed by atoms with Crippen molar-refractivity contribution < 1.29 is 20.0 Å². The molecule has 9 nitrogen and oxygen atoms in total. The smallest absolute Gasteiger partial charge is 0.303 e. The Morgan fingerprint density at radius 1 is 1.31 bits per heavy atom. The molecule has 0 atom stereocenters. The van der Waals surface area contributed by atoms with E-state index in [9.17, 15) is 25.0 Å². The molecule has 0 aromatic heterocycles. The SMILES string of the molecule is O=C(O)CCCN([N+](=O)[O-])[N+](=O)[O-]. The maximum atomic E-state index is 9.96. The van der Waals surface area contributed by atoms with E-state index in [1.54, 1.807) is 0 Å². The van der Waals surface area contributed by atoms with Crippen LogP contribution in [0.2, 0.25) is 0 Å². The molecule has 0 saturated carbocycles. The molecule has 0 aromatic carbocycles. The molecule has 0 bridgehead atoms. The zero-order valence-electron chi connectivity index (χ0n) is 6.45. The second-order valence-corrected chi connectivity index (χ2v) is 2.07. The number of nitrogens with zero attached hydrogens (tertiary/aromatic N) is 3. The van der Waals surface area contributed by atoms with E-state index in [0.717, 1.165) is 0 Å². The summed E-state index contributed by atoms with van der Waals surface area (Å²) in [7, 11) is 0. The van der Waals surface area contributed by atoms with E-state index in [4.69, 9.17) is 5.11 Å². The molecule has 9 heteroatoms. The lowest BCUT2D eigenvalue weighted by molar-refractivity contribution is -0.907. The standard InChI is InChI=1S/C4H7N3O6/c8-4(9)2-1-3-5(6(10)11)7(12)13/h1-3H2,(H,8,9). The Kier molecular flexibility index (Phi) is 4.13. The van der Waals surface area contributed by atoms with Crippen molar-refractivity contribution >= 4 is 5.97 Å². The first-order chi connectivity index (χ1) is 5.95. The van der Waals surface area contributed by atoms with Crippen LogP contribution < -0.4 is 0 Å². The summed E-state index contributed by atoms with van der Waals surface area (Å²) in [6, 6.07) is 0. The van der Waals surface area contributed by atoms with Crippen LogP contribution in [-0.2, 0) is 4.79 Å². The first kappa shape index (κ1) is 11.1. The van der Waals surface area contributed by atoms with Gasteiger partial charge in [-0.25, -0.2) is 20.2 Å². The molecular formula is C4H7N3O6. The van der Waals surface area contributed by atoms with Crippen molar-refractivity contribution in [2.75, 3.05) is 6.54 Å². The highest BCUT2D eigenvalue weighted by Crippen LogP contribution is 1.95. The molecule has 0 aliphatic rings. The van der Waals surface area contributed by atoms with E-state index >= 15 is 0 Å². The summed E-state index contributed by atoms with van der Waals surface area (Å²) in [4.78, 5) is 29.9.